The number of hydrogen-bond acceptors (Lipinski definition) is 10. The van der Waals surface area contributed by atoms with Crippen LogP contribution in [0.3, 0.4) is 0 Å². The van der Waals surface area contributed by atoms with Crippen LogP contribution < -0.4 is 0 Å². The maximum atomic E-state index is 11.6. The van der Waals surface area contributed by atoms with Crippen molar-refractivity contribution in [2.45, 2.75) is 93.3 Å². The molecule has 0 unspecified atom stereocenters. The fraction of sp³-hybridized carbons (Fsp3) is 0.833. The van der Waals surface area contributed by atoms with Crippen molar-refractivity contribution >= 4 is 67.1 Å². The van der Waals surface area contributed by atoms with Gasteiger partial charge < -0.3 is 19.3 Å². The SMILES string of the molecule is CC(C)[C@H](CC(=O)OC(C)(C)C)C(=O)O.CC(C)[C@H](CC(=O)OC(C)(C)C)C(=O)OCCl.O=S(=O)(Cl)OCCl. The summed E-state index contributed by atoms with van der Waals surface area (Å²) in [7, 11) is 0.665. The van der Waals surface area contributed by atoms with Gasteiger partial charge in [0.15, 0.2) is 6.07 Å². The predicted octanol–water partition coefficient (Wildman–Crippen LogP) is 5.49. The summed E-state index contributed by atoms with van der Waals surface area (Å²) in [4.78, 5) is 45.4. The average Bonchev–Trinajstić information content (AvgIpc) is 2.67. The van der Waals surface area contributed by atoms with E-state index in [1.54, 1.807) is 55.4 Å². The second-order valence-corrected chi connectivity index (χ2v) is 13.4. The van der Waals surface area contributed by atoms with Crippen LogP contribution in [0.1, 0.15) is 82.1 Å². The number of alkyl halides is 2. The Hall–Kier alpha value is -1.34. The van der Waals surface area contributed by atoms with Crippen LogP contribution in [-0.4, -0.2) is 60.7 Å². The quantitative estimate of drug-likeness (QED) is 0.131. The summed E-state index contributed by atoms with van der Waals surface area (Å²) >= 11 is 10.1. The highest BCUT2D eigenvalue weighted by Gasteiger charge is 2.29. The van der Waals surface area contributed by atoms with E-state index < -0.39 is 62.3 Å². The number of carbonyl (C=O) groups is 4. The molecule has 11 nitrogen and oxygen atoms in total. The number of halogens is 3. The molecule has 0 aliphatic carbocycles. The van der Waals surface area contributed by atoms with Crippen molar-refractivity contribution < 1.29 is 51.1 Å². The third-order valence-corrected chi connectivity index (χ3v) is 5.24. The molecule has 0 aromatic rings. The number of hydrogen-bond donors (Lipinski definition) is 1. The lowest BCUT2D eigenvalue weighted by atomic mass is 9.92. The van der Waals surface area contributed by atoms with Crippen molar-refractivity contribution in [1.29, 1.82) is 0 Å². The van der Waals surface area contributed by atoms with Crippen molar-refractivity contribution in [2.24, 2.45) is 23.7 Å². The molecular weight excluding hydrogens is 603 g/mol. The largest absolute Gasteiger partial charge is 0.481 e. The summed E-state index contributed by atoms with van der Waals surface area (Å²) in [5, 5.41) is 8.88. The molecule has 0 fully saturated rings. The van der Waals surface area contributed by atoms with Gasteiger partial charge in [-0.25, -0.2) is 4.18 Å². The highest BCUT2D eigenvalue weighted by atomic mass is 35.7. The smallest absolute Gasteiger partial charge is 0.356 e. The van der Waals surface area contributed by atoms with E-state index >= 15 is 0 Å². The Balaban J connectivity index is -0.000000539. The van der Waals surface area contributed by atoms with Crippen LogP contribution in [0.15, 0.2) is 0 Å². The Kier molecular flexibility index (Phi) is 21.3. The number of carbonyl (C=O) groups excluding carboxylic acids is 3. The number of rotatable bonds is 11. The zero-order valence-corrected chi connectivity index (χ0v) is 27.3. The molecule has 0 radical (unpaired) electrons. The second-order valence-electron chi connectivity index (χ2n) is 10.8. The van der Waals surface area contributed by atoms with Gasteiger partial charge in [0.25, 0.3) is 0 Å². The first kappa shape index (κ1) is 42.1. The Morgan fingerprint density at radius 2 is 1.10 bits per heavy atom. The summed E-state index contributed by atoms with van der Waals surface area (Å²) in [6.45, 7) is 17.9. The minimum atomic E-state index is -3.83. The van der Waals surface area contributed by atoms with Crippen LogP contribution in [0, 0.1) is 23.7 Å². The molecule has 0 amide bonds. The second kappa shape index (κ2) is 19.7. The minimum absolute atomic E-state index is 0.00163. The molecule has 0 saturated carbocycles. The predicted molar refractivity (Wildman–Crippen MR) is 149 cm³/mol. The van der Waals surface area contributed by atoms with Gasteiger partial charge in [-0.2, -0.15) is 8.42 Å². The van der Waals surface area contributed by atoms with Crippen molar-refractivity contribution in [3.8, 4) is 0 Å². The zero-order chi connectivity index (χ0) is 31.8. The third kappa shape index (κ3) is 28.0. The Bertz CT molecular complexity index is 862. The lowest BCUT2D eigenvalue weighted by molar-refractivity contribution is -0.162. The van der Waals surface area contributed by atoms with Gasteiger partial charge in [0, 0.05) is 10.7 Å². The molecule has 0 heterocycles. The van der Waals surface area contributed by atoms with Gasteiger partial charge in [-0.3, -0.25) is 19.2 Å². The number of aliphatic carboxylic acids is 1. The van der Waals surface area contributed by atoms with E-state index in [1.807, 2.05) is 13.8 Å². The molecule has 0 bridgehead atoms. The number of esters is 3. The summed E-state index contributed by atoms with van der Waals surface area (Å²) in [5.41, 5.74) is -1.11. The molecule has 1 N–H and O–H groups in total. The minimum Gasteiger partial charge on any atom is -0.481 e. The molecule has 0 aliphatic heterocycles. The Labute approximate surface area is 246 Å². The molecular formula is C24H43Cl3O11S. The van der Waals surface area contributed by atoms with Crippen molar-refractivity contribution in [1.82, 2.24) is 0 Å². The van der Waals surface area contributed by atoms with Crippen molar-refractivity contribution in [3.05, 3.63) is 0 Å². The van der Waals surface area contributed by atoms with E-state index in [4.69, 9.17) is 42.5 Å². The summed E-state index contributed by atoms with van der Waals surface area (Å²) in [6.07, 6.45) is -0.0467. The van der Waals surface area contributed by atoms with Gasteiger partial charge in [-0.1, -0.05) is 50.9 Å². The van der Waals surface area contributed by atoms with Crippen LogP contribution in [-0.2, 0) is 46.9 Å². The highest BCUT2D eigenvalue weighted by molar-refractivity contribution is 8.10. The van der Waals surface area contributed by atoms with Gasteiger partial charge in [-0.05, 0) is 53.4 Å². The zero-order valence-electron chi connectivity index (χ0n) is 24.2. The van der Waals surface area contributed by atoms with Crippen LogP contribution in [0.2, 0.25) is 0 Å². The van der Waals surface area contributed by atoms with E-state index in [2.05, 4.69) is 14.9 Å². The monoisotopic (exact) mass is 644 g/mol. The van der Waals surface area contributed by atoms with E-state index in [-0.39, 0.29) is 30.7 Å². The first-order valence-corrected chi connectivity index (χ1v) is 15.2. The molecule has 232 valence electrons. The average molecular weight is 646 g/mol. The summed E-state index contributed by atoms with van der Waals surface area (Å²) < 4.78 is 38.1. The number of carboxylic acid groups (broad SMARTS) is 1. The molecule has 0 aliphatic rings. The number of ether oxygens (including phenoxy) is 3. The molecule has 0 spiro atoms. The van der Waals surface area contributed by atoms with Gasteiger partial charge in [-0.15, -0.1) is 0 Å². The van der Waals surface area contributed by atoms with Crippen LogP contribution in [0.25, 0.3) is 0 Å². The molecule has 39 heavy (non-hydrogen) atoms. The fourth-order valence-electron chi connectivity index (χ4n) is 2.54. The van der Waals surface area contributed by atoms with Crippen LogP contribution >= 0.6 is 33.9 Å². The summed E-state index contributed by atoms with van der Waals surface area (Å²) in [5.74, 6) is -3.51. The normalized spacial score (nSPS) is 13.2. The van der Waals surface area contributed by atoms with Gasteiger partial charge in [0.1, 0.15) is 17.3 Å². The summed E-state index contributed by atoms with van der Waals surface area (Å²) in [6, 6.07) is -0.637. The highest BCUT2D eigenvalue weighted by Crippen LogP contribution is 2.20. The van der Waals surface area contributed by atoms with Gasteiger partial charge in [0.2, 0.25) is 0 Å². The topological polar surface area (TPSA) is 160 Å². The molecule has 15 heteroatoms. The standard InChI is InChI=1S/C12H21ClO4.C11H20O4.CH2Cl2O3S/c1-8(2)9(11(15)16-7-13)6-10(14)17-12(3,4)5;1-7(2)8(10(13)14)6-9(12)15-11(3,4)5;2-1-6-7(3,4)5/h8-9H,6-7H2,1-5H3;7-8H,6H2,1-5H3,(H,13,14);1H2/t9-;8-;/m00./s1. The molecule has 2 atom stereocenters. The van der Waals surface area contributed by atoms with E-state index in [0.717, 1.165) is 0 Å². The fourth-order valence-corrected chi connectivity index (χ4v) is 3.38. The van der Waals surface area contributed by atoms with Crippen molar-refractivity contribution in [2.75, 3.05) is 12.1 Å². The lowest BCUT2D eigenvalue weighted by Crippen LogP contribution is -2.30. The molecule has 0 saturated heterocycles. The molecule has 0 rings (SSSR count). The van der Waals surface area contributed by atoms with Crippen LogP contribution in [0.4, 0.5) is 0 Å². The molecule has 0 aromatic heterocycles. The van der Waals surface area contributed by atoms with Crippen molar-refractivity contribution in [3.63, 3.8) is 0 Å². The van der Waals surface area contributed by atoms with E-state index in [1.165, 1.54) is 0 Å². The number of carboxylic acids is 1. The first-order valence-electron chi connectivity index (χ1n) is 11.9. The Morgan fingerprint density at radius 3 is 1.31 bits per heavy atom. The van der Waals surface area contributed by atoms with Crippen LogP contribution in [0.5, 0.6) is 0 Å². The van der Waals surface area contributed by atoms with E-state index in [9.17, 15) is 27.6 Å². The third-order valence-electron chi connectivity index (χ3n) is 4.22. The Morgan fingerprint density at radius 1 is 0.744 bits per heavy atom. The first-order chi connectivity index (χ1) is 17.4. The maximum Gasteiger partial charge on any atom is 0.356 e. The lowest BCUT2D eigenvalue weighted by Gasteiger charge is -2.23. The van der Waals surface area contributed by atoms with Gasteiger partial charge in [0.05, 0.1) is 24.7 Å². The molecule has 0 aromatic carbocycles. The van der Waals surface area contributed by atoms with E-state index in [0.29, 0.717) is 0 Å². The van der Waals surface area contributed by atoms with Gasteiger partial charge >= 0.3 is 33.2 Å². The maximum absolute atomic E-state index is 11.6.